The number of benzene rings is 1. The van der Waals surface area contributed by atoms with Crippen molar-refractivity contribution in [2.75, 3.05) is 19.3 Å². The molecule has 1 aromatic rings. The second-order valence-electron chi connectivity index (χ2n) is 4.64. The van der Waals surface area contributed by atoms with E-state index in [-0.39, 0.29) is 5.69 Å². The molecule has 2 N–H and O–H groups in total. The molecule has 0 radical (unpaired) electrons. The van der Waals surface area contributed by atoms with Gasteiger partial charge in [-0.05, 0) is 38.1 Å². The summed E-state index contributed by atoms with van der Waals surface area (Å²) in [5.74, 6) is 0. The summed E-state index contributed by atoms with van der Waals surface area (Å²) >= 11 is 0. The molecule has 0 spiro atoms. The highest BCUT2D eigenvalue weighted by atomic mass is 16.6. The van der Waals surface area contributed by atoms with E-state index in [0.717, 1.165) is 30.5 Å². The third kappa shape index (κ3) is 3.43. The van der Waals surface area contributed by atoms with E-state index in [1.807, 2.05) is 14.0 Å². The van der Waals surface area contributed by atoms with Gasteiger partial charge in [0.05, 0.1) is 4.92 Å². The van der Waals surface area contributed by atoms with Crippen molar-refractivity contribution in [1.82, 2.24) is 4.90 Å². The maximum absolute atomic E-state index is 10.9. The highest BCUT2D eigenvalue weighted by Crippen LogP contribution is 2.28. The number of unbranched alkanes of at least 4 members (excludes halogenated alkanes) is 1. The lowest BCUT2D eigenvalue weighted by molar-refractivity contribution is -0.384. The Labute approximate surface area is 108 Å². The second-order valence-corrected chi connectivity index (χ2v) is 4.64. The molecule has 0 aliphatic rings. The van der Waals surface area contributed by atoms with Gasteiger partial charge >= 0.3 is 0 Å². The first kappa shape index (κ1) is 14.4. The van der Waals surface area contributed by atoms with Crippen molar-refractivity contribution in [2.24, 2.45) is 0 Å². The van der Waals surface area contributed by atoms with E-state index in [1.54, 1.807) is 6.07 Å². The molecule has 5 heteroatoms. The zero-order valence-electron chi connectivity index (χ0n) is 11.3. The van der Waals surface area contributed by atoms with Crippen LogP contribution in [0.25, 0.3) is 0 Å². The molecule has 0 unspecified atom stereocenters. The monoisotopic (exact) mass is 251 g/mol. The van der Waals surface area contributed by atoms with Crippen LogP contribution in [0.1, 0.15) is 30.9 Å². The Kier molecular flexibility index (Phi) is 5.09. The minimum absolute atomic E-state index is 0.000471. The maximum Gasteiger partial charge on any atom is 0.292 e. The molecule has 1 rings (SSSR count). The van der Waals surface area contributed by atoms with Gasteiger partial charge in [-0.1, -0.05) is 19.4 Å². The molecule has 5 nitrogen and oxygen atoms in total. The van der Waals surface area contributed by atoms with E-state index < -0.39 is 4.92 Å². The third-order valence-corrected chi connectivity index (χ3v) is 3.09. The van der Waals surface area contributed by atoms with Crippen LogP contribution >= 0.6 is 0 Å². The van der Waals surface area contributed by atoms with Gasteiger partial charge in [0.15, 0.2) is 0 Å². The van der Waals surface area contributed by atoms with Crippen LogP contribution in [0.4, 0.5) is 11.4 Å². The van der Waals surface area contributed by atoms with Crippen molar-refractivity contribution in [1.29, 1.82) is 0 Å². The summed E-state index contributed by atoms with van der Waals surface area (Å²) < 4.78 is 0. The van der Waals surface area contributed by atoms with Crippen LogP contribution < -0.4 is 5.73 Å². The van der Waals surface area contributed by atoms with Gasteiger partial charge in [-0.15, -0.1) is 0 Å². The topological polar surface area (TPSA) is 72.4 Å². The summed E-state index contributed by atoms with van der Waals surface area (Å²) in [6, 6.07) is 3.23. The number of anilines is 1. The van der Waals surface area contributed by atoms with Crippen LogP contribution in [0.15, 0.2) is 12.1 Å². The zero-order valence-corrected chi connectivity index (χ0v) is 11.3. The Morgan fingerprint density at radius 3 is 2.67 bits per heavy atom. The Morgan fingerprint density at radius 2 is 2.11 bits per heavy atom. The van der Waals surface area contributed by atoms with Crippen LogP contribution in [0, 0.1) is 17.0 Å². The first-order valence-corrected chi connectivity index (χ1v) is 6.18. The molecule has 18 heavy (non-hydrogen) atoms. The number of aryl methyl sites for hydroxylation is 1. The fourth-order valence-corrected chi connectivity index (χ4v) is 1.91. The fraction of sp³-hybridized carbons (Fsp3) is 0.538. The van der Waals surface area contributed by atoms with Gasteiger partial charge < -0.3 is 10.6 Å². The van der Waals surface area contributed by atoms with Crippen molar-refractivity contribution < 1.29 is 4.92 Å². The van der Waals surface area contributed by atoms with Crippen molar-refractivity contribution in [3.05, 3.63) is 33.4 Å². The molecule has 0 atom stereocenters. The van der Waals surface area contributed by atoms with Gasteiger partial charge in [0, 0.05) is 12.6 Å². The molecule has 0 saturated heterocycles. The van der Waals surface area contributed by atoms with Gasteiger partial charge in [-0.3, -0.25) is 10.1 Å². The summed E-state index contributed by atoms with van der Waals surface area (Å²) in [7, 11) is 2.01. The number of rotatable bonds is 6. The molecular formula is C13H21N3O2. The predicted octanol–water partition coefficient (Wildman–Crippen LogP) is 2.72. The third-order valence-electron chi connectivity index (χ3n) is 3.09. The van der Waals surface area contributed by atoms with Crippen molar-refractivity contribution >= 4 is 11.4 Å². The van der Waals surface area contributed by atoms with Gasteiger partial charge in [0.1, 0.15) is 5.69 Å². The molecule has 1 aromatic carbocycles. The largest absolute Gasteiger partial charge is 0.393 e. The summed E-state index contributed by atoms with van der Waals surface area (Å²) in [6.07, 6.45) is 2.25. The predicted molar refractivity (Wildman–Crippen MR) is 73.5 cm³/mol. The maximum atomic E-state index is 10.9. The Morgan fingerprint density at radius 1 is 1.44 bits per heavy atom. The van der Waals surface area contributed by atoms with Gasteiger partial charge in [0.2, 0.25) is 0 Å². The Balaban J connectivity index is 2.93. The first-order chi connectivity index (χ1) is 8.47. The Hall–Kier alpha value is -1.62. The summed E-state index contributed by atoms with van der Waals surface area (Å²) in [6.45, 7) is 5.70. The highest BCUT2D eigenvalue weighted by molar-refractivity contribution is 5.65. The number of hydrogen-bond donors (Lipinski definition) is 1. The van der Waals surface area contributed by atoms with Gasteiger partial charge in [-0.25, -0.2) is 0 Å². The average molecular weight is 251 g/mol. The average Bonchev–Trinajstić information content (AvgIpc) is 2.31. The standard InChI is InChI=1S/C13H21N3O2/c1-4-5-8-15(3)9-11-10(2)6-7-12(13(11)14)16(17)18/h6-7H,4-5,8-9,14H2,1-3H3. The Bertz CT molecular complexity index is 432. The number of nitro benzene ring substituents is 1. The lowest BCUT2D eigenvalue weighted by atomic mass is 10.0. The van der Waals surface area contributed by atoms with Crippen LogP contribution in [0.3, 0.4) is 0 Å². The molecular weight excluding hydrogens is 230 g/mol. The van der Waals surface area contributed by atoms with Crippen LogP contribution in [-0.2, 0) is 6.54 Å². The summed E-state index contributed by atoms with van der Waals surface area (Å²) in [5.41, 5.74) is 8.05. The van der Waals surface area contributed by atoms with Crippen LogP contribution in [0.2, 0.25) is 0 Å². The molecule has 0 bridgehead atoms. The molecule has 0 heterocycles. The highest BCUT2D eigenvalue weighted by Gasteiger charge is 2.17. The quantitative estimate of drug-likeness (QED) is 0.479. The van der Waals surface area contributed by atoms with E-state index in [9.17, 15) is 10.1 Å². The molecule has 100 valence electrons. The zero-order chi connectivity index (χ0) is 13.7. The minimum Gasteiger partial charge on any atom is -0.393 e. The smallest absolute Gasteiger partial charge is 0.292 e. The van der Waals surface area contributed by atoms with E-state index in [1.165, 1.54) is 6.07 Å². The van der Waals surface area contributed by atoms with E-state index in [2.05, 4.69) is 11.8 Å². The summed E-state index contributed by atoms with van der Waals surface area (Å²) in [4.78, 5) is 12.6. The normalized spacial score (nSPS) is 10.9. The number of nitrogens with two attached hydrogens (primary N) is 1. The summed E-state index contributed by atoms with van der Waals surface area (Å²) in [5, 5.41) is 10.9. The molecule has 0 amide bonds. The number of nitrogen functional groups attached to an aromatic ring is 1. The minimum atomic E-state index is -0.426. The lowest BCUT2D eigenvalue weighted by Crippen LogP contribution is -2.20. The van der Waals surface area contributed by atoms with E-state index >= 15 is 0 Å². The van der Waals surface area contributed by atoms with Crippen molar-refractivity contribution in [2.45, 2.75) is 33.2 Å². The molecule has 0 fully saturated rings. The fourth-order valence-electron chi connectivity index (χ4n) is 1.91. The van der Waals surface area contributed by atoms with Gasteiger partial charge in [0.25, 0.3) is 5.69 Å². The number of nitro groups is 1. The first-order valence-electron chi connectivity index (χ1n) is 6.18. The van der Waals surface area contributed by atoms with E-state index in [4.69, 9.17) is 5.73 Å². The molecule has 0 aromatic heterocycles. The van der Waals surface area contributed by atoms with Crippen LogP contribution in [-0.4, -0.2) is 23.4 Å². The molecule has 0 aliphatic carbocycles. The number of nitrogens with zero attached hydrogens (tertiary/aromatic N) is 2. The number of hydrogen-bond acceptors (Lipinski definition) is 4. The second kappa shape index (κ2) is 6.35. The lowest BCUT2D eigenvalue weighted by Gasteiger charge is -2.19. The van der Waals surface area contributed by atoms with E-state index in [0.29, 0.717) is 12.2 Å². The van der Waals surface area contributed by atoms with Crippen molar-refractivity contribution in [3.8, 4) is 0 Å². The van der Waals surface area contributed by atoms with Crippen molar-refractivity contribution in [3.63, 3.8) is 0 Å². The van der Waals surface area contributed by atoms with Gasteiger partial charge in [-0.2, -0.15) is 0 Å². The van der Waals surface area contributed by atoms with Crippen LogP contribution in [0.5, 0.6) is 0 Å². The molecule has 0 aliphatic heterocycles. The molecule has 0 saturated carbocycles. The SMILES string of the molecule is CCCCN(C)Cc1c(C)ccc([N+](=O)[O-])c1N.